The molecule has 2 amide bonds. The van der Waals surface area contributed by atoms with Gasteiger partial charge in [-0.3, -0.25) is 0 Å². The van der Waals surface area contributed by atoms with E-state index in [1.54, 1.807) is 24.3 Å². The molecule has 0 radical (unpaired) electrons. The number of fused-ring (bicyclic) bond motifs is 1. The molecule has 7 heteroatoms. The van der Waals surface area contributed by atoms with Crippen LogP contribution < -0.4 is 10.6 Å². The highest BCUT2D eigenvalue weighted by atomic mass is 32.2. The smallest absolute Gasteiger partial charge is 0.315 e. The first-order valence-electron chi connectivity index (χ1n) is 7.52. The van der Waals surface area contributed by atoms with E-state index in [1.807, 2.05) is 20.8 Å². The second kappa shape index (κ2) is 6.66. The number of benzene rings is 1. The average Bonchev–Trinajstić information content (AvgIpc) is 2.54. The number of carbonyl (C=O) groups excluding carboxylic acids is 1. The zero-order valence-electron chi connectivity index (χ0n) is 13.2. The fourth-order valence-electron chi connectivity index (χ4n) is 2.63. The maximum atomic E-state index is 12.7. The maximum Gasteiger partial charge on any atom is 0.315 e. The molecule has 6 nitrogen and oxygen atoms in total. The molecule has 1 aromatic rings. The monoisotopic (exact) mass is 325 g/mol. The zero-order chi connectivity index (χ0) is 16.3. The van der Waals surface area contributed by atoms with Crippen LogP contribution in [-0.2, 0) is 10.0 Å². The SMILES string of the molecule is CCN1CC[C@@H](NC(=O)NC(C)C)c2ccccc2S1(=O)=O. The van der Waals surface area contributed by atoms with E-state index in [1.165, 1.54) is 4.31 Å². The van der Waals surface area contributed by atoms with Gasteiger partial charge in [0.25, 0.3) is 0 Å². The lowest BCUT2D eigenvalue weighted by Gasteiger charge is -2.19. The third kappa shape index (κ3) is 3.41. The normalized spacial score (nSPS) is 21.0. The largest absolute Gasteiger partial charge is 0.336 e. The lowest BCUT2D eigenvalue weighted by molar-refractivity contribution is 0.233. The highest BCUT2D eigenvalue weighted by Crippen LogP contribution is 2.31. The Hall–Kier alpha value is -1.60. The van der Waals surface area contributed by atoms with Crippen molar-refractivity contribution in [2.45, 2.75) is 44.2 Å². The highest BCUT2D eigenvalue weighted by molar-refractivity contribution is 7.89. The quantitative estimate of drug-likeness (QED) is 0.890. The lowest BCUT2D eigenvalue weighted by atomic mass is 10.0. The van der Waals surface area contributed by atoms with Gasteiger partial charge in [0.05, 0.1) is 10.9 Å². The molecule has 0 unspecified atom stereocenters. The number of nitrogens with zero attached hydrogens (tertiary/aromatic N) is 1. The number of amides is 2. The number of urea groups is 1. The average molecular weight is 325 g/mol. The van der Waals surface area contributed by atoms with Crippen LogP contribution in [0.2, 0.25) is 0 Å². The van der Waals surface area contributed by atoms with Crippen molar-refractivity contribution in [2.75, 3.05) is 13.1 Å². The van der Waals surface area contributed by atoms with Crippen LogP contribution in [0.4, 0.5) is 4.79 Å². The van der Waals surface area contributed by atoms with Crippen LogP contribution in [0.1, 0.15) is 38.8 Å². The Bertz CT molecular complexity index is 643. The number of nitrogens with one attached hydrogen (secondary N) is 2. The number of carbonyl (C=O) groups is 1. The van der Waals surface area contributed by atoms with E-state index >= 15 is 0 Å². The molecule has 0 aliphatic carbocycles. The molecular weight excluding hydrogens is 302 g/mol. The molecule has 1 aromatic carbocycles. The summed E-state index contributed by atoms with van der Waals surface area (Å²) in [7, 11) is -3.50. The summed E-state index contributed by atoms with van der Waals surface area (Å²) in [6, 6.07) is 6.31. The molecule has 0 saturated heterocycles. The van der Waals surface area contributed by atoms with Crippen molar-refractivity contribution < 1.29 is 13.2 Å². The Labute approximate surface area is 131 Å². The van der Waals surface area contributed by atoms with Crippen molar-refractivity contribution in [3.63, 3.8) is 0 Å². The van der Waals surface area contributed by atoms with Crippen LogP contribution in [0.25, 0.3) is 0 Å². The number of hydrogen-bond acceptors (Lipinski definition) is 3. The van der Waals surface area contributed by atoms with E-state index in [2.05, 4.69) is 10.6 Å². The second-order valence-corrected chi connectivity index (χ2v) is 7.55. The molecule has 0 fully saturated rings. The minimum Gasteiger partial charge on any atom is -0.336 e. The van der Waals surface area contributed by atoms with Crippen LogP contribution in [0.3, 0.4) is 0 Å². The van der Waals surface area contributed by atoms with E-state index in [0.29, 0.717) is 25.1 Å². The third-order valence-corrected chi connectivity index (χ3v) is 5.71. The molecule has 1 aliphatic rings. The first kappa shape index (κ1) is 16.8. The summed E-state index contributed by atoms with van der Waals surface area (Å²) in [4.78, 5) is 12.3. The van der Waals surface area contributed by atoms with Gasteiger partial charge in [0, 0.05) is 19.1 Å². The van der Waals surface area contributed by atoms with Crippen molar-refractivity contribution in [3.05, 3.63) is 29.8 Å². The van der Waals surface area contributed by atoms with Gasteiger partial charge in [-0.1, -0.05) is 25.1 Å². The standard InChI is InChI=1S/C15H23N3O3S/c1-4-18-10-9-13(17-15(19)16-11(2)3)12-7-5-6-8-14(12)22(18,20)21/h5-8,11,13H,4,9-10H2,1-3H3,(H2,16,17,19)/t13-/m1/s1. The van der Waals surface area contributed by atoms with E-state index < -0.39 is 10.0 Å². The molecule has 0 aromatic heterocycles. The number of hydrogen-bond donors (Lipinski definition) is 2. The Morgan fingerprint density at radius 1 is 1.36 bits per heavy atom. The van der Waals surface area contributed by atoms with Gasteiger partial charge >= 0.3 is 6.03 Å². The summed E-state index contributed by atoms with van der Waals surface area (Å²) in [5.74, 6) is 0. The highest BCUT2D eigenvalue weighted by Gasteiger charge is 2.33. The van der Waals surface area contributed by atoms with Crippen molar-refractivity contribution in [1.29, 1.82) is 0 Å². The number of rotatable bonds is 3. The van der Waals surface area contributed by atoms with E-state index in [-0.39, 0.29) is 23.0 Å². The first-order valence-corrected chi connectivity index (χ1v) is 8.96. The molecule has 2 rings (SSSR count). The van der Waals surface area contributed by atoms with Crippen LogP contribution in [0, 0.1) is 0 Å². The van der Waals surface area contributed by atoms with Crippen LogP contribution in [0.5, 0.6) is 0 Å². The fourth-order valence-corrected chi connectivity index (χ4v) is 4.35. The van der Waals surface area contributed by atoms with Crippen LogP contribution >= 0.6 is 0 Å². The minimum atomic E-state index is -3.50. The van der Waals surface area contributed by atoms with Crippen molar-refractivity contribution in [1.82, 2.24) is 14.9 Å². The molecule has 1 atom stereocenters. The summed E-state index contributed by atoms with van der Waals surface area (Å²) in [5.41, 5.74) is 0.650. The molecule has 0 saturated carbocycles. The summed E-state index contributed by atoms with van der Waals surface area (Å²) in [5, 5.41) is 5.66. The predicted octanol–water partition coefficient (Wildman–Crippen LogP) is 1.85. The second-order valence-electron chi connectivity index (χ2n) is 5.65. The molecule has 0 bridgehead atoms. The summed E-state index contributed by atoms with van der Waals surface area (Å²) < 4.78 is 26.8. The first-order chi connectivity index (χ1) is 10.4. The summed E-state index contributed by atoms with van der Waals surface area (Å²) >= 11 is 0. The Kier molecular flexibility index (Phi) is 5.08. The van der Waals surface area contributed by atoms with Gasteiger partial charge in [0.15, 0.2) is 0 Å². The number of sulfonamides is 1. The van der Waals surface area contributed by atoms with Gasteiger partial charge in [-0.2, -0.15) is 4.31 Å². The van der Waals surface area contributed by atoms with Crippen molar-refractivity contribution in [3.8, 4) is 0 Å². The Balaban J connectivity index is 2.36. The molecule has 22 heavy (non-hydrogen) atoms. The lowest BCUT2D eigenvalue weighted by Crippen LogP contribution is -2.41. The predicted molar refractivity (Wildman–Crippen MR) is 85.0 cm³/mol. The Morgan fingerprint density at radius 2 is 2.05 bits per heavy atom. The van der Waals surface area contributed by atoms with Crippen LogP contribution in [0.15, 0.2) is 29.2 Å². The van der Waals surface area contributed by atoms with Gasteiger partial charge in [0.2, 0.25) is 10.0 Å². The molecular formula is C15H23N3O3S. The summed E-state index contributed by atoms with van der Waals surface area (Å²) in [6.45, 7) is 6.38. The summed E-state index contributed by atoms with van der Waals surface area (Å²) in [6.07, 6.45) is 0.551. The van der Waals surface area contributed by atoms with E-state index in [0.717, 1.165) is 0 Å². The zero-order valence-corrected chi connectivity index (χ0v) is 14.0. The fraction of sp³-hybridized carbons (Fsp3) is 0.533. The van der Waals surface area contributed by atoms with E-state index in [9.17, 15) is 13.2 Å². The Morgan fingerprint density at radius 3 is 2.68 bits per heavy atom. The minimum absolute atomic E-state index is 0.0249. The van der Waals surface area contributed by atoms with Gasteiger partial charge in [-0.15, -0.1) is 0 Å². The molecule has 2 N–H and O–H groups in total. The van der Waals surface area contributed by atoms with Gasteiger partial charge in [-0.05, 0) is 31.9 Å². The molecule has 122 valence electrons. The van der Waals surface area contributed by atoms with Crippen molar-refractivity contribution in [2.24, 2.45) is 0 Å². The third-order valence-electron chi connectivity index (χ3n) is 3.66. The topological polar surface area (TPSA) is 78.5 Å². The molecule has 1 heterocycles. The molecule has 1 aliphatic heterocycles. The van der Waals surface area contributed by atoms with Gasteiger partial charge < -0.3 is 10.6 Å². The van der Waals surface area contributed by atoms with Crippen LogP contribution in [-0.4, -0.2) is 37.9 Å². The maximum absolute atomic E-state index is 12.7. The van der Waals surface area contributed by atoms with Gasteiger partial charge in [-0.25, -0.2) is 13.2 Å². The van der Waals surface area contributed by atoms with Crippen molar-refractivity contribution >= 4 is 16.1 Å². The van der Waals surface area contributed by atoms with E-state index in [4.69, 9.17) is 0 Å². The molecule has 0 spiro atoms. The van der Waals surface area contributed by atoms with Gasteiger partial charge in [0.1, 0.15) is 0 Å².